The van der Waals surface area contributed by atoms with Crippen LogP contribution in [0, 0.1) is 0 Å². The minimum absolute atomic E-state index is 1.08. The Bertz CT molecular complexity index is 1540. The number of fused-ring (bicyclic) bond motifs is 2. The molecule has 0 spiro atoms. The van der Waals surface area contributed by atoms with Crippen LogP contribution in [-0.2, 0) is 6.42 Å². The van der Waals surface area contributed by atoms with Crippen LogP contribution in [0.25, 0.3) is 49.5 Å². The molecule has 0 aliphatic heterocycles. The van der Waals surface area contributed by atoms with Crippen molar-refractivity contribution >= 4 is 38.4 Å². The second-order valence-corrected chi connectivity index (χ2v) is 8.52. The quantitative estimate of drug-likeness (QED) is 0.249. The second kappa shape index (κ2) is 8.41. The molecule has 0 N–H and O–H groups in total. The first-order valence-corrected chi connectivity index (χ1v) is 11.5. The Morgan fingerprint density at radius 2 is 0.939 bits per heavy atom. The van der Waals surface area contributed by atoms with Crippen LogP contribution in [0.5, 0.6) is 0 Å². The molecule has 0 heteroatoms. The van der Waals surface area contributed by atoms with E-state index in [2.05, 4.69) is 133 Å². The van der Waals surface area contributed by atoms with E-state index >= 15 is 0 Å². The lowest BCUT2D eigenvalue weighted by Crippen LogP contribution is -1.91. The van der Waals surface area contributed by atoms with Crippen molar-refractivity contribution in [1.29, 1.82) is 0 Å². The number of hydrogen-bond acceptors (Lipinski definition) is 0. The summed E-state index contributed by atoms with van der Waals surface area (Å²) in [5, 5.41) is 8.00. The van der Waals surface area contributed by atoms with Crippen molar-refractivity contribution in [3.8, 4) is 11.1 Å². The molecule has 6 aromatic carbocycles. The summed E-state index contributed by atoms with van der Waals surface area (Å²) in [6.45, 7) is 0. The Kier molecular flexibility index (Phi) is 4.97. The first-order valence-electron chi connectivity index (χ1n) is 11.5. The SMILES string of the molecule is C1=Cc2cccc3cccc(c23)C1.c1ccc2c(-c3cccc4ccccc34)cccc2c1. The van der Waals surface area contributed by atoms with E-state index in [0.29, 0.717) is 0 Å². The van der Waals surface area contributed by atoms with Gasteiger partial charge in [-0.05, 0) is 61.0 Å². The third-order valence-electron chi connectivity index (χ3n) is 6.53. The van der Waals surface area contributed by atoms with Gasteiger partial charge in [-0.25, -0.2) is 0 Å². The number of rotatable bonds is 1. The van der Waals surface area contributed by atoms with Gasteiger partial charge < -0.3 is 0 Å². The average Bonchev–Trinajstić information content (AvgIpc) is 2.89. The van der Waals surface area contributed by atoms with Crippen molar-refractivity contribution in [3.63, 3.8) is 0 Å². The van der Waals surface area contributed by atoms with E-state index in [4.69, 9.17) is 0 Å². The Balaban J connectivity index is 0.000000137. The highest BCUT2D eigenvalue weighted by molar-refractivity contribution is 6.05. The maximum absolute atomic E-state index is 2.23. The van der Waals surface area contributed by atoms with Gasteiger partial charge in [0.25, 0.3) is 0 Å². The predicted molar refractivity (Wildman–Crippen MR) is 144 cm³/mol. The molecule has 0 aromatic heterocycles. The van der Waals surface area contributed by atoms with Gasteiger partial charge in [-0.2, -0.15) is 0 Å². The molecular weight excluding hydrogens is 396 g/mol. The van der Waals surface area contributed by atoms with Crippen LogP contribution in [0.4, 0.5) is 0 Å². The Hall–Kier alpha value is -4.16. The third kappa shape index (κ3) is 3.60. The fourth-order valence-corrected chi connectivity index (χ4v) is 4.99. The van der Waals surface area contributed by atoms with E-state index in [0.717, 1.165) is 6.42 Å². The maximum atomic E-state index is 2.23. The summed E-state index contributed by atoms with van der Waals surface area (Å²) in [5.74, 6) is 0. The zero-order valence-corrected chi connectivity index (χ0v) is 18.4. The van der Waals surface area contributed by atoms with Crippen molar-refractivity contribution in [3.05, 3.63) is 139 Å². The smallest absolute Gasteiger partial charge is 0.00763 e. The molecule has 0 bridgehead atoms. The summed E-state index contributed by atoms with van der Waals surface area (Å²) in [7, 11) is 0. The Morgan fingerprint density at radius 3 is 1.61 bits per heavy atom. The van der Waals surface area contributed by atoms with Crippen LogP contribution in [0.2, 0.25) is 0 Å². The van der Waals surface area contributed by atoms with Gasteiger partial charge in [0.2, 0.25) is 0 Å². The van der Waals surface area contributed by atoms with Gasteiger partial charge in [-0.3, -0.25) is 0 Å². The van der Waals surface area contributed by atoms with Gasteiger partial charge in [-0.15, -0.1) is 0 Å². The Labute approximate surface area is 194 Å². The van der Waals surface area contributed by atoms with Crippen molar-refractivity contribution < 1.29 is 0 Å². The minimum atomic E-state index is 1.08. The molecule has 7 rings (SSSR count). The fourth-order valence-electron chi connectivity index (χ4n) is 4.99. The van der Waals surface area contributed by atoms with Crippen LogP contribution in [-0.4, -0.2) is 0 Å². The molecule has 1 aliphatic carbocycles. The van der Waals surface area contributed by atoms with Gasteiger partial charge in [0.1, 0.15) is 0 Å². The second-order valence-electron chi connectivity index (χ2n) is 8.52. The van der Waals surface area contributed by atoms with E-state index in [-0.39, 0.29) is 0 Å². The molecule has 0 unspecified atom stereocenters. The van der Waals surface area contributed by atoms with Crippen LogP contribution in [0.1, 0.15) is 11.1 Å². The number of benzene rings is 6. The van der Waals surface area contributed by atoms with E-state index in [9.17, 15) is 0 Å². The van der Waals surface area contributed by atoms with Crippen molar-refractivity contribution in [2.45, 2.75) is 6.42 Å². The average molecular weight is 421 g/mol. The van der Waals surface area contributed by atoms with Crippen molar-refractivity contribution in [1.82, 2.24) is 0 Å². The molecule has 0 nitrogen and oxygen atoms in total. The highest BCUT2D eigenvalue weighted by atomic mass is 14.1. The lowest BCUT2D eigenvalue weighted by atomic mass is 9.93. The largest absolute Gasteiger partial charge is 0.0795 e. The van der Waals surface area contributed by atoms with E-state index in [1.54, 1.807) is 0 Å². The lowest BCUT2D eigenvalue weighted by Gasteiger charge is -2.11. The van der Waals surface area contributed by atoms with Gasteiger partial charge in [0, 0.05) is 0 Å². The van der Waals surface area contributed by atoms with Gasteiger partial charge in [0.15, 0.2) is 0 Å². The number of allylic oxidation sites excluding steroid dienone is 1. The molecule has 6 aromatic rings. The lowest BCUT2D eigenvalue weighted by molar-refractivity contribution is 1.29. The number of hydrogen-bond donors (Lipinski definition) is 0. The van der Waals surface area contributed by atoms with E-state index in [1.165, 1.54) is 54.6 Å². The van der Waals surface area contributed by atoms with Gasteiger partial charge >= 0.3 is 0 Å². The predicted octanol–water partition coefficient (Wildman–Crippen LogP) is 9.07. The van der Waals surface area contributed by atoms with Crippen LogP contribution < -0.4 is 0 Å². The first-order chi connectivity index (χ1) is 16.4. The molecule has 0 heterocycles. The van der Waals surface area contributed by atoms with Gasteiger partial charge in [0.05, 0.1) is 0 Å². The summed E-state index contributed by atoms with van der Waals surface area (Å²) in [5.41, 5.74) is 5.43. The highest BCUT2D eigenvalue weighted by Gasteiger charge is 2.07. The molecule has 0 radical (unpaired) electrons. The summed E-state index contributed by atoms with van der Waals surface area (Å²) in [4.78, 5) is 0. The highest BCUT2D eigenvalue weighted by Crippen LogP contribution is 2.33. The standard InChI is InChI=1S/C20H14.C13H10/c1-3-11-17-15(7-1)9-5-13-19(17)20-14-6-10-16-8-2-4-12-18(16)20;1-4-10-6-2-8-12-9-3-7-11(5-1)13(10)12/h1-14H;1-8H,9H2. The fraction of sp³-hybridized carbons (Fsp3) is 0.0303. The first kappa shape index (κ1) is 19.5. The van der Waals surface area contributed by atoms with Crippen molar-refractivity contribution in [2.75, 3.05) is 0 Å². The minimum Gasteiger partial charge on any atom is -0.0795 e. The van der Waals surface area contributed by atoms with Crippen molar-refractivity contribution in [2.24, 2.45) is 0 Å². The van der Waals surface area contributed by atoms with Gasteiger partial charge in [-0.1, -0.05) is 133 Å². The molecule has 1 aliphatic rings. The van der Waals surface area contributed by atoms with Crippen LogP contribution in [0.3, 0.4) is 0 Å². The molecule has 33 heavy (non-hydrogen) atoms. The molecule has 0 saturated heterocycles. The Morgan fingerprint density at radius 1 is 0.424 bits per heavy atom. The van der Waals surface area contributed by atoms with E-state index in [1.807, 2.05) is 0 Å². The van der Waals surface area contributed by atoms with E-state index < -0.39 is 0 Å². The molecule has 156 valence electrons. The molecular formula is C33H24. The normalized spacial score (nSPS) is 12.0. The maximum Gasteiger partial charge on any atom is -0.00763 e. The molecule has 0 fully saturated rings. The van der Waals surface area contributed by atoms with Crippen LogP contribution >= 0.6 is 0 Å². The summed E-state index contributed by atoms with van der Waals surface area (Å²) >= 11 is 0. The molecule has 0 atom stereocenters. The monoisotopic (exact) mass is 420 g/mol. The topological polar surface area (TPSA) is 0 Å². The summed E-state index contributed by atoms with van der Waals surface area (Å²) in [6.07, 6.45) is 5.53. The zero-order chi connectivity index (χ0) is 22.0. The third-order valence-corrected chi connectivity index (χ3v) is 6.53. The summed E-state index contributed by atoms with van der Waals surface area (Å²) in [6, 6.07) is 43.2. The summed E-state index contributed by atoms with van der Waals surface area (Å²) < 4.78 is 0. The molecule has 0 amide bonds. The zero-order valence-electron chi connectivity index (χ0n) is 18.4. The molecule has 0 saturated carbocycles. The van der Waals surface area contributed by atoms with Crippen LogP contribution in [0.15, 0.2) is 127 Å².